The average molecular weight is 185 g/mol. The van der Waals surface area contributed by atoms with Gasteiger partial charge in [0.2, 0.25) is 0 Å². The van der Waals surface area contributed by atoms with Gasteiger partial charge in [0, 0.05) is 11.7 Å². The molecule has 1 aromatic heterocycles. The van der Waals surface area contributed by atoms with Gasteiger partial charge in [-0.15, -0.1) is 0 Å². The van der Waals surface area contributed by atoms with Crippen molar-refractivity contribution in [2.24, 2.45) is 0 Å². The molecule has 1 atom stereocenters. The number of aromatic amines is 1. The molecule has 1 unspecified atom stereocenters. The minimum atomic E-state index is 0.492. The lowest BCUT2D eigenvalue weighted by Crippen LogP contribution is -2.26. The Balaban J connectivity index is 2.08. The van der Waals surface area contributed by atoms with Gasteiger partial charge in [-0.25, -0.2) is 0 Å². The topological polar surface area (TPSA) is 27.8 Å². The molecule has 3 heteroatoms. The molecule has 0 aromatic carbocycles. The molecule has 2 nitrogen and oxygen atoms in total. The first-order valence-corrected chi connectivity index (χ1v) is 4.82. The quantitative estimate of drug-likeness (QED) is 0.690. The van der Waals surface area contributed by atoms with Crippen LogP contribution in [0.2, 0.25) is 5.15 Å². The molecule has 12 heavy (non-hydrogen) atoms. The van der Waals surface area contributed by atoms with Gasteiger partial charge in [0.15, 0.2) is 0 Å². The number of hydrogen-bond donors (Lipinski definition) is 2. The molecule has 0 amide bonds. The summed E-state index contributed by atoms with van der Waals surface area (Å²) in [6.45, 7) is 1.13. The molecule has 0 saturated carbocycles. The minimum absolute atomic E-state index is 0.492. The number of rotatable bonds is 1. The van der Waals surface area contributed by atoms with Crippen molar-refractivity contribution in [2.45, 2.75) is 25.3 Å². The number of piperidine rings is 1. The van der Waals surface area contributed by atoms with E-state index in [0.717, 1.165) is 11.7 Å². The van der Waals surface area contributed by atoms with Gasteiger partial charge in [-0.1, -0.05) is 18.0 Å². The standard InChI is InChI=1S/C9H13ClN2/c10-9-5-4-8(12-9)7-3-1-2-6-11-7/h4-5,7,11-12H,1-3,6H2. The van der Waals surface area contributed by atoms with E-state index >= 15 is 0 Å². The molecular formula is C9H13ClN2. The van der Waals surface area contributed by atoms with E-state index in [1.54, 1.807) is 0 Å². The van der Waals surface area contributed by atoms with Crippen LogP contribution in [0.15, 0.2) is 12.1 Å². The zero-order valence-corrected chi connectivity index (χ0v) is 7.69. The van der Waals surface area contributed by atoms with Crippen LogP contribution in [0, 0.1) is 0 Å². The van der Waals surface area contributed by atoms with Gasteiger partial charge in [0.1, 0.15) is 5.15 Å². The summed E-state index contributed by atoms with van der Waals surface area (Å²) in [5.41, 5.74) is 1.22. The van der Waals surface area contributed by atoms with E-state index in [4.69, 9.17) is 11.6 Å². The van der Waals surface area contributed by atoms with Crippen molar-refractivity contribution in [2.75, 3.05) is 6.54 Å². The van der Waals surface area contributed by atoms with E-state index in [2.05, 4.69) is 16.4 Å². The molecule has 2 heterocycles. The van der Waals surface area contributed by atoms with Crippen molar-refractivity contribution < 1.29 is 0 Å². The monoisotopic (exact) mass is 184 g/mol. The Bertz CT molecular complexity index is 251. The van der Waals surface area contributed by atoms with Crippen molar-refractivity contribution in [1.82, 2.24) is 10.3 Å². The molecule has 2 N–H and O–H groups in total. The fourth-order valence-corrected chi connectivity index (χ4v) is 1.88. The second-order valence-electron chi connectivity index (χ2n) is 3.26. The summed E-state index contributed by atoms with van der Waals surface area (Å²) in [5, 5.41) is 4.19. The maximum atomic E-state index is 5.80. The smallest absolute Gasteiger partial charge is 0.106 e. The lowest BCUT2D eigenvalue weighted by atomic mass is 10.0. The maximum absolute atomic E-state index is 5.80. The molecular weight excluding hydrogens is 172 g/mol. The molecule has 1 fully saturated rings. The predicted octanol–water partition coefficient (Wildman–Crippen LogP) is 2.48. The highest BCUT2D eigenvalue weighted by Gasteiger charge is 2.15. The van der Waals surface area contributed by atoms with Crippen LogP contribution in [0.4, 0.5) is 0 Å². The molecule has 2 rings (SSSR count). The molecule has 1 saturated heterocycles. The zero-order valence-electron chi connectivity index (χ0n) is 6.94. The van der Waals surface area contributed by atoms with Crippen molar-refractivity contribution in [3.63, 3.8) is 0 Å². The van der Waals surface area contributed by atoms with E-state index in [0.29, 0.717) is 6.04 Å². The molecule has 1 aliphatic rings. The van der Waals surface area contributed by atoms with Crippen LogP contribution in [0.1, 0.15) is 31.0 Å². The third-order valence-electron chi connectivity index (χ3n) is 2.36. The Morgan fingerprint density at radius 3 is 2.83 bits per heavy atom. The largest absolute Gasteiger partial charge is 0.348 e. The van der Waals surface area contributed by atoms with Crippen LogP contribution in [0.3, 0.4) is 0 Å². The van der Waals surface area contributed by atoms with Gasteiger partial charge in [0.25, 0.3) is 0 Å². The second kappa shape index (κ2) is 3.50. The van der Waals surface area contributed by atoms with Crippen LogP contribution in [0.5, 0.6) is 0 Å². The Morgan fingerprint density at radius 1 is 1.33 bits per heavy atom. The van der Waals surface area contributed by atoms with Gasteiger partial charge in [-0.05, 0) is 31.5 Å². The molecule has 0 spiro atoms. The summed E-state index contributed by atoms with van der Waals surface area (Å²) in [5.74, 6) is 0. The molecule has 0 bridgehead atoms. The van der Waals surface area contributed by atoms with E-state index < -0.39 is 0 Å². The van der Waals surface area contributed by atoms with E-state index in [9.17, 15) is 0 Å². The lowest BCUT2D eigenvalue weighted by molar-refractivity contribution is 0.406. The van der Waals surface area contributed by atoms with Gasteiger partial charge < -0.3 is 10.3 Å². The Kier molecular flexibility index (Phi) is 2.38. The van der Waals surface area contributed by atoms with Crippen LogP contribution in [-0.4, -0.2) is 11.5 Å². The number of nitrogens with one attached hydrogen (secondary N) is 2. The van der Waals surface area contributed by atoms with Crippen molar-refractivity contribution in [1.29, 1.82) is 0 Å². The second-order valence-corrected chi connectivity index (χ2v) is 3.67. The van der Waals surface area contributed by atoms with Gasteiger partial charge in [-0.2, -0.15) is 0 Å². The van der Waals surface area contributed by atoms with Crippen LogP contribution in [-0.2, 0) is 0 Å². The van der Waals surface area contributed by atoms with Gasteiger partial charge in [-0.3, -0.25) is 0 Å². The number of halogens is 1. The zero-order chi connectivity index (χ0) is 8.39. The first-order chi connectivity index (χ1) is 5.86. The highest BCUT2D eigenvalue weighted by Crippen LogP contribution is 2.23. The van der Waals surface area contributed by atoms with E-state index in [1.165, 1.54) is 25.0 Å². The molecule has 0 aliphatic carbocycles. The molecule has 1 aliphatic heterocycles. The van der Waals surface area contributed by atoms with E-state index in [1.807, 2.05) is 6.07 Å². The average Bonchev–Trinajstić information content (AvgIpc) is 2.54. The fourth-order valence-electron chi connectivity index (χ4n) is 1.70. The normalized spacial score (nSPS) is 24.2. The first kappa shape index (κ1) is 8.14. The van der Waals surface area contributed by atoms with Crippen LogP contribution in [0.25, 0.3) is 0 Å². The fraction of sp³-hybridized carbons (Fsp3) is 0.556. The Morgan fingerprint density at radius 2 is 2.25 bits per heavy atom. The maximum Gasteiger partial charge on any atom is 0.106 e. The summed E-state index contributed by atoms with van der Waals surface area (Å²) in [4.78, 5) is 3.15. The number of hydrogen-bond acceptors (Lipinski definition) is 1. The van der Waals surface area contributed by atoms with Crippen molar-refractivity contribution >= 4 is 11.6 Å². The highest BCUT2D eigenvalue weighted by atomic mass is 35.5. The van der Waals surface area contributed by atoms with Crippen LogP contribution < -0.4 is 5.32 Å². The summed E-state index contributed by atoms with van der Waals surface area (Å²) in [7, 11) is 0. The Labute approximate surface area is 77.3 Å². The number of aromatic nitrogens is 1. The third kappa shape index (κ3) is 1.65. The predicted molar refractivity (Wildman–Crippen MR) is 50.4 cm³/mol. The summed E-state index contributed by atoms with van der Waals surface area (Å²) in [6.07, 6.45) is 3.83. The van der Waals surface area contributed by atoms with Crippen molar-refractivity contribution in [3.05, 3.63) is 23.0 Å². The summed E-state index contributed by atoms with van der Waals surface area (Å²) >= 11 is 5.80. The van der Waals surface area contributed by atoms with Crippen molar-refractivity contribution in [3.8, 4) is 0 Å². The molecule has 0 radical (unpaired) electrons. The van der Waals surface area contributed by atoms with Gasteiger partial charge in [0.05, 0.1) is 0 Å². The summed E-state index contributed by atoms with van der Waals surface area (Å²) < 4.78 is 0. The highest BCUT2D eigenvalue weighted by molar-refractivity contribution is 6.29. The number of H-pyrrole nitrogens is 1. The third-order valence-corrected chi connectivity index (χ3v) is 2.58. The SMILES string of the molecule is Clc1ccc(C2CCCCN2)[nH]1. The first-order valence-electron chi connectivity index (χ1n) is 4.44. The summed E-state index contributed by atoms with van der Waals surface area (Å²) in [6, 6.07) is 4.46. The molecule has 1 aromatic rings. The Hall–Kier alpha value is -0.470. The van der Waals surface area contributed by atoms with E-state index in [-0.39, 0.29) is 0 Å². The van der Waals surface area contributed by atoms with Gasteiger partial charge >= 0.3 is 0 Å². The minimum Gasteiger partial charge on any atom is -0.348 e. The van der Waals surface area contributed by atoms with Crippen LogP contribution >= 0.6 is 11.6 Å². The lowest BCUT2D eigenvalue weighted by Gasteiger charge is -2.22. The molecule has 66 valence electrons.